The number of anilines is 1. The van der Waals surface area contributed by atoms with Gasteiger partial charge in [0.15, 0.2) is 0 Å². The van der Waals surface area contributed by atoms with Gasteiger partial charge in [-0.05, 0) is 48.9 Å². The molecule has 146 valence electrons. The van der Waals surface area contributed by atoms with Gasteiger partial charge in [0.1, 0.15) is 18.0 Å². The number of nitrogens with one attached hydrogen (secondary N) is 1. The van der Waals surface area contributed by atoms with Crippen LogP contribution in [-0.2, 0) is 11.3 Å². The highest BCUT2D eigenvalue weighted by Crippen LogP contribution is 2.45. The normalized spacial score (nSPS) is 14.2. The average molecular weight is 398 g/mol. The third-order valence-electron chi connectivity index (χ3n) is 4.69. The lowest BCUT2D eigenvalue weighted by Gasteiger charge is -2.15. The molecule has 1 heterocycles. The van der Waals surface area contributed by atoms with Crippen LogP contribution in [0.25, 0.3) is 0 Å². The zero-order chi connectivity index (χ0) is 19.9. The Morgan fingerprint density at radius 1 is 1.41 bits per heavy atom. The van der Waals surface area contributed by atoms with Crippen molar-refractivity contribution in [2.75, 3.05) is 5.32 Å². The van der Waals surface area contributed by atoms with E-state index in [4.69, 9.17) is 11.6 Å². The summed E-state index contributed by atoms with van der Waals surface area (Å²) in [5, 5.41) is 16.6. The minimum Gasteiger partial charge on any atom is -0.508 e. The van der Waals surface area contributed by atoms with Crippen LogP contribution in [-0.4, -0.2) is 20.8 Å². The van der Waals surface area contributed by atoms with E-state index in [1.807, 2.05) is 13.8 Å². The Balaban J connectivity index is 1.83. The SMILES string of the molecule is Cc1cc(O)c(C(C)C)cc1NC(=O)Cn1nc(C(F)F)c(Cl)c1C1CC1. The maximum atomic E-state index is 13.1. The summed E-state index contributed by atoms with van der Waals surface area (Å²) in [4.78, 5) is 12.5. The van der Waals surface area contributed by atoms with E-state index in [9.17, 15) is 18.7 Å². The Kier molecular flexibility index (Phi) is 5.42. The number of aromatic hydroxyl groups is 1. The van der Waals surface area contributed by atoms with Gasteiger partial charge < -0.3 is 10.4 Å². The zero-order valence-corrected chi connectivity index (χ0v) is 16.1. The molecule has 0 unspecified atom stereocenters. The minimum absolute atomic E-state index is 0.0387. The van der Waals surface area contributed by atoms with Crippen LogP contribution in [0.2, 0.25) is 5.02 Å². The summed E-state index contributed by atoms with van der Waals surface area (Å²) in [6.45, 7) is 5.45. The van der Waals surface area contributed by atoms with E-state index in [2.05, 4.69) is 10.4 Å². The molecule has 2 N–H and O–H groups in total. The Labute approximate surface area is 161 Å². The Morgan fingerprint density at radius 2 is 2.07 bits per heavy atom. The number of phenols is 1. The number of halogens is 3. The molecule has 5 nitrogen and oxygen atoms in total. The van der Waals surface area contributed by atoms with Crippen LogP contribution in [0.4, 0.5) is 14.5 Å². The number of nitrogens with zero attached hydrogens (tertiary/aromatic N) is 2. The summed E-state index contributed by atoms with van der Waals surface area (Å²) < 4.78 is 27.5. The Bertz CT molecular complexity index is 876. The molecular formula is C19H22ClF2N3O2. The van der Waals surface area contributed by atoms with Crippen molar-refractivity contribution in [2.45, 2.75) is 58.4 Å². The molecule has 3 rings (SSSR count). The predicted molar refractivity (Wildman–Crippen MR) is 99.7 cm³/mol. The third-order valence-corrected chi connectivity index (χ3v) is 5.08. The van der Waals surface area contributed by atoms with Crippen molar-refractivity contribution in [2.24, 2.45) is 0 Å². The molecule has 1 aromatic carbocycles. The molecule has 0 atom stereocenters. The van der Waals surface area contributed by atoms with Crippen LogP contribution in [0.15, 0.2) is 12.1 Å². The number of benzene rings is 1. The summed E-state index contributed by atoms with van der Waals surface area (Å²) in [5.41, 5.74) is 2.03. The van der Waals surface area contributed by atoms with Crippen LogP contribution in [0.1, 0.15) is 67.5 Å². The summed E-state index contributed by atoms with van der Waals surface area (Å²) in [6, 6.07) is 3.33. The van der Waals surface area contributed by atoms with Gasteiger partial charge in [-0.1, -0.05) is 25.4 Å². The molecule has 1 amide bonds. The predicted octanol–water partition coefficient (Wildman–Crippen LogP) is 5.13. The standard InChI is InChI=1S/C19H22ClF2N3O2/c1-9(2)12-7-13(10(3)6-14(12)26)23-15(27)8-25-18(11-4-5-11)16(20)17(24-25)19(21)22/h6-7,9,11,19,26H,4-5,8H2,1-3H3,(H,23,27). The van der Waals surface area contributed by atoms with Crippen LogP contribution >= 0.6 is 11.6 Å². The lowest BCUT2D eigenvalue weighted by molar-refractivity contribution is -0.117. The third kappa shape index (κ3) is 4.08. The van der Waals surface area contributed by atoms with Crippen molar-refractivity contribution in [1.29, 1.82) is 0 Å². The summed E-state index contributed by atoms with van der Waals surface area (Å²) in [6.07, 6.45) is -1.08. The van der Waals surface area contributed by atoms with E-state index in [0.717, 1.165) is 18.4 Å². The fraction of sp³-hybridized carbons (Fsp3) is 0.474. The van der Waals surface area contributed by atoms with Crippen LogP contribution in [0.5, 0.6) is 5.75 Å². The highest BCUT2D eigenvalue weighted by Gasteiger charge is 2.34. The first-order chi connectivity index (χ1) is 12.7. The van der Waals surface area contributed by atoms with Crippen molar-refractivity contribution in [3.63, 3.8) is 0 Å². The minimum atomic E-state index is -2.78. The topological polar surface area (TPSA) is 67.2 Å². The van der Waals surface area contributed by atoms with Gasteiger partial charge >= 0.3 is 0 Å². The van der Waals surface area contributed by atoms with Crippen molar-refractivity contribution < 1.29 is 18.7 Å². The fourth-order valence-corrected chi connectivity index (χ4v) is 3.48. The monoisotopic (exact) mass is 397 g/mol. The smallest absolute Gasteiger partial charge is 0.283 e. The van der Waals surface area contributed by atoms with Gasteiger partial charge in [-0.2, -0.15) is 5.10 Å². The highest BCUT2D eigenvalue weighted by molar-refractivity contribution is 6.32. The number of aryl methyl sites for hydroxylation is 1. The van der Waals surface area contributed by atoms with Crippen LogP contribution in [0.3, 0.4) is 0 Å². The Morgan fingerprint density at radius 3 is 2.63 bits per heavy atom. The first-order valence-corrected chi connectivity index (χ1v) is 9.24. The fourth-order valence-electron chi connectivity index (χ4n) is 3.11. The molecule has 0 spiro atoms. The molecular weight excluding hydrogens is 376 g/mol. The van der Waals surface area contributed by atoms with E-state index in [0.29, 0.717) is 16.9 Å². The number of amides is 1. The highest BCUT2D eigenvalue weighted by atomic mass is 35.5. The summed E-state index contributed by atoms with van der Waals surface area (Å²) >= 11 is 6.08. The molecule has 1 aliphatic rings. The lowest BCUT2D eigenvalue weighted by Crippen LogP contribution is -2.21. The molecule has 1 fully saturated rings. The maximum absolute atomic E-state index is 13.1. The molecule has 0 saturated heterocycles. The van der Waals surface area contributed by atoms with E-state index < -0.39 is 12.1 Å². The first kappa shape index (κ1) is 19.6. The average Bonchev–Trinajstić information content (AvgIpc) is 3.34. The number of hydrogen-bond acceptors (Lipinski definition) is 3. The summed E-state index contributed by atoms with van der Waals surface area (Å²) in [5.74, 6) is -0.0492. The second kappa shape index (κ2) is 7.46. The number of aromatic nitrogens is 2. The van der Waals surface area contributed by atoms with Gasteiger partial charge in [-0.15, -0.1) is 0 Å². The maximum Gasteiger partial charge on any atom is 0.283 e. The molecule has 2 aromatic rings. The van der Waals surface area contributed by atoms with Gasteiger partial charge in [-0.25, -0.2) is 8.78 Å². The van der Waals surface area contributed by atoms with Gasteiger partial charge in [0.2, 0.25) is 5.91 Å². The van der Waals surface area contributed by atoms with E-state index in [1.165, 1.54) is 4.68 Å². The molecule has 0 bridgehead atoms. The number of phenolic OH excluding ortho intramolecular Hbond substituents is 1. The van der Waals surface area contributed by atoms with Crippen LogP contribution < -0.4 is 5.32 Å². The Hall–Kier alpha value is -2.15. The second-order valence-corrected chi connectivity index (χ2v) is 7.62. The molecule has 8 heteroatoms. The van der Waals surface area contributed by atoms with Gasteiger partial charge in [0, 0.05) is 11.6 Å². The lowest BCUT2D eigenvalue weighted by atomic mass is 9.99. The van der Waals surface area contributed by atoms with Crippen molar-refractivity contribution in [3.8, 4) is 5.75 Å². The summed E-state index contributed by atoms with van der Waals surface area (Å²) in [7, 11) is 0. The van der Waals surface area contributed by atoms with Gasteiger partial charge in [0.05, 0.1) is 10.7 Å². The molecule has 0 radical (unpaired) electrons. The van der Waals surface area contributed by atoms with Gasteiger partial charge in [-0.3, -0.25) is 9.48 Å². The van der Waals surface area contributed by atoms with E-state index >= 15 is 0 Å². The van der Waals surface area contributed by atoms with Crippen molar-refractivity contribution in [1.82, 2.24) is 9.78 Å². The zero-order valence-electron chi connectivity index (χ0n) is 15.4. The number of rotatable bonds is 6. The molecule has 27 heavy (non-hydrogen) atoms. The second-order valence-electron chi connectivity index (χ2n) is 7.25. The van der Waals surface area contributed by atoms with E-state index in [-0.39, 0.29) is 35.1 Å². The van der Waals surface area contributed by atoms with Crippen molar-refractivity contribution in [3.05, 3.63) is 39.7 Å². The number of carbonyl (C=O) groups is 1. The quantitative estimate of drug-likeness (QED) is 0.664. The molecule has 1 aromatic heterocycles. The number of carbonyl (C=O) groups excluding carboxylic acids is 1. The van der Waals surface area contributed by atoms with E-state index in [1.54, 1.807) is 19.1 Å². The first-order valence-electron chi connectivity index (χ1n) is 8.86. The number of hydrogen-bond donors (Lipinski definition) is 2. The van der Waals surface area contributed by atoms with Crippen molar-refractivity contribution >= 4 is 23.2 Å². The van der Waals surface area contributed by atoms with Gasteiger partial charge in [0.25, 0.3) is 6.43 Å². The van der Waals surface area contributed by atoms with Crippen LogP contribution in [0, 0.1) is 6.92 Å². The molecule has 1 saturated carbocycles. The molecule has 1 aliphatic carbocycles. The largest absolute Gasteiger partial charge is 0.508 e. The molecule has 0 aliphatic heterocycles. The number of alkyl halides is 2.